The number of hydrogen-bond acceptors (Lipinski definition) is 3. The van der Waals surface area contributed by atoms with Crippen molar-refractivity contribution in [3.8, 4) is 0 Å². The van der Waals surface area contributed by atoms with Gasteiger partial charge in [0.1, 0.15) is 0 Å². The number of furan rings is 1. The van der Waals surface area contributed by atoms with Crippen LogP contribution in [-0.4, -0.2) is 35.0 Å². The lowest BCUT2D eigenvalue weighted by Crippen LogP contribution is -2.29. The molecule has 92 valence electrons. The Bertz CT molecular complexity index is 456. The maximum atomic E-state index is 12.0. The van der Waals surface area contributed by atoms with Gasteiger partial charge in [-0.3, -0.25) is 9.59 Å². The van der Waals surface area contributed by atoms with Crippen LogP contribution in [0.1, 0.15) is 17.5 Å². The molecule has 1 amide bonds. The molecule has 2 atom stereocenters. The van der Waals surface area contributed by atoms with Gasteiger partial charge in [-0.25, -0.2) is 0 Å². The summed E-state index contributed by atoms with van der Waals surface area (Å²) in [6.45, 7) is 2.53. The quantitative estimate of drug-likeness (QED) is 0.905. The number of aliphatic carboxylic acids is 1. The van der Waals surface area contributed by atoms with Gasteiger partial charge in [0.25, 0.3) is 5.91 Å². The lowest BCUT2D eigenvalue weighted by molar-refractivity contribution is -0.142. The third-order valence-electron chi connectivity index (χ3n) is 3.00. The van der Waals surface area contributed by atoms with Gasteiger partial charge in [-0.2, -0.15) is 0 Å². The van der Waals surface area contributed by atoms with E-state index in [2.05, 4.69) is 15.9 Å². The first-order chi connectivity index (χ1) is 7.99. The number of nitrogens with zero attached hydrogens (tertiary/aromatic N) is 1. The summed E-state index contributed by atoms with van der Waals surface area (Å²) in [5.41, 5.74) is 0. The third-order valence-corrected chi connectivity index (χ3v) is 3.43. The standard InChI is InChI=1S/C11H12BrNO4/c1-6-4-13(5-7(6)11(15)16)10(14)8-2-3-9(12)17-8/h2-3,6-7H,4-5H2,1H3,(H,15,16)/t6-,7-/m1/s1. The first-order valence-corrected chi connectivity index (χ1v) is 6.05. The Labute approximate surface area is 107 Å². The van der Waals surface area contributed by atoms with Gasteiger partial charge in [-0.1, -0.05) is 6.92 Å². The fourth-order valence-corrected chi connectivity index (χ4v) is 2.35. The van der Waals surface area contributed by atoms with E-state index in [1.807, 2.05) is 6.92 Å². The molecule has 1 fully saturated rings. The van der Waals surface area contributed by atoms with Crippen LogP contribution in [-0.2, 0) is 4.79 Å². The van der Waals surface area contributed by atoms with Gasteiger partial charge in [0.15, 0.2) is 10.4 Å². The first-order valence-electron chi connectivity index (χ1n) is 5.26. The Kier molecular flexibility index (Phi) is 3.24. The molecule has 0 radical (unpaired) electrons. The highest BCUT2D eigenvalue weighted by atomic mass is 79.9. The van der Waals surface area contributed by atoms with Crippen LogP contribution in [0.2, 0.25) is 0 Å². The second kappa shape index (κ2) is 4.52. The second-order valence-electron chi connectivity index (χ2n) is 4.24. The molecule has 0 aromatic carbocycles. The second-order valence-corrected chi connectivity index (χ2v) is 5.02. The summed E-state index contributed by atoms with van der Waals surface area (Å²) >= 11 is 3.12. The molecule has 2 rings (SSSR count). The average molecular weight is 302 g/mol. The number of hydrogen-bond donors (Lipinski definition) is 1. The van der Waals surface area contributed by atoms with Gasteiger partial charge in [0.2, 0.25) is 0 Å². The van der Waals surface area contributed by atoms with Crippen molar-refractivity contribution in [2.75, 3.05) is 13.1 Å². The van der Waals surface area contributed by atoms with Crippen molar-refractivity contribution in [3.63, 3.8) is 0 Å². The van der Waals surface area contributed by atoms with Crippen molar-refractivity contribution < 1.29 is 19.1 Å². The van der Waals surface area contributed by atoms with Crippen LogP contribution in [0.25, 0.3) is 0 Å². The predicted octanol–water partition coefficient (Wildman–Crippen LogP) is 1.83. The van der Waals surface area contributed by atoms with Crippen molar-refractivity contribution in [3.05, 3.63) is 22.6 Å². The van der Waals surface area contributed by atoms with Crippen LogP contribution in [0.5, 0.6) is 0 Å². The van der Waals surface area contributed by atoms with Crippen molar-refractivity contribution in [1.29, 1.82) is 0 Å². The molecule has 17 heavy (non-hydrogen) atoms. The molecular formula is C11H12BrNO4. The summed E-state index contributed by atoms with van der Waals surface area (Å²) in [5, 5.41) is 8.99. The molecule has 0 spiro atoms. The minimum Gasteiger partial charge on any atom is -0.481 e. The Morgan fingerprint density at radius 3 is 2.65 bits per heavy atom. The van der Waals surface area contributed by atoms with Crippen LogP contribution in [0.4, 0.5) is 0 Å². The zero-order valence-electron chi connectivity index (χ0n) is 9.22. The number of amides is 1. The highest BCUT2D eigenvalue weighted by Crippen LogP contribution is 2.25. The molecule has 1 aliphatic heterocycles. The van der Waals surface area contributed by atoms with Crippen LogP contribution >= 0.6 is 15.9 Å². The number of likely N-dealkylation sites (tertiary alicyclic amines) is 1. The van der Waals surface area contributed by atoms with E-state index in [0.717, 1.165) is 0 Å². The van der Waals surface area contributed by atoms with Gasteiger partial charge >= 0.3 is 5.97 Å². The minimum atomic E-state index is -0.853. The van der Waals surface area contributed by atoms with Crippen molar-refractivity contribution in [1.82, 2.24) is 4.90 Å². The predicted molar refractivity (Wildman–Crippen MR) is 62.6 cm³/mol. The SMILES string of the molecule is C[C@@H]1CN(C(=O)c2ccc(Br)o2)C[C@H]1C(=O)O. The highest BCUT2D eigenvalue weighted by molar-refractivity contribution is 9.10. The number of carboxylic acid groups (broad SMARTS) is 1. The summed E-state index contributed by atoms with van der Waals surface area (Å²) in [6, 6.07) is 3.21. The summed E-state index contributed by atoms with van der Waals surface area (Å²) < 4.78 is 5.66. The van der Waals surface area contributed by atoms with Crippen LogP contribution in [0.3, 0.4) is 0 Å². The molecular weight excluding hydrogens is 290 g/mol. The Balaban J connectivity index is 2.10. The van der Waals surface area contributed by atoms with E-state index in [-0.39, 0.29) is 24.1 Å². The smallest absolute Gasteiger partial charge is 0.308 e. The maximum Gasteiger partial charge on any atom is 0.308 e. The first kappa shape index (κ1) is 12.2. The number of carboxylic acids is 1. The number of carbonyl (C=O) groups is 2. The molecule has 1 aromatic heterocycles. The van der Waals surface area contributed by atoms with Gasteiger partial charge in [0.05, 0.1) is 5.92 Å². The highest BCUT2D eigenvalue weighted by Gasteiger charge is 2.37. The summed E-state index contributed by atoms with van der Waals surface area (Å²) in [7, 11) is 0. The van der Waals surface area contributed by atoms with E-state index in [9.17, 15) is 9.59 Å². The monoisotopic (exact) mass is 301 g/mol. The largest absolute Gasteiger partial charge is 0.481 e. The van der Waals surface area contributed by atoms with E-state index in [1.165, 1.54) is 4.90 Å². The molecule has 0 saturated carbocycles. The zero-order valence-corrected chi connectivity index (χ0v) is 10.8. The van der Waals surface area contributed by atoms with Gasteiger partial charge < -0.3 is 14.4 Å². The molecule has 1 saturated heterocycles. The van der Waals surface area contributed by atoms with Crippen molar-refractivity contribution in [2.24, 2.45) is 11.8 Å². The topological polar surface area (TPSA) is 70.8 Å². The molecule has 0 unspecified atom stereocenters. The lowest BCUT2D eigenvalue weighted by Gasteiger charge is -2.13. The summed E-state index contributed by atoms with van der Waals surface area (Å²) in [6.07, 6.45) is 0. The molecule has 0 bridgehead atoms. The van der Waals surface area contributed by atoms with E-state index in [1.54, 1.807) is 12.1 Å². The fraction of sp³-hybridized carbons (Fsp3) is 0.455. The number of carbonyl (C=O) groups excluding carboxylic acids is 1. The van der Waals surface area contributed by atoms with E-state index in [4.69, 9.17) is 9.52 Å². The van der Waals surface area contributed by atoms with E-state index in [0.29, 0.717) is 11.2 Å². The molecule has 6 heteroatoms. The zero-order chi connectivity index (χ0) is 12.6. The molecule has 1 N–H and O–H groups in total. The molecule has 5 nitrogen and oxygen atoms in total. The molecule has 2 heterocycles. The summed E-state index contributed by atoms with van der Waals surface area (Å²) in [5.74, 6) is -1.40. The number of halogens is 1. The molecule has 1 aromatic rings. The van der Waals surface area contributed by atoms with Crippen molar-refractivity contribution >= 4 is 27.8 Å². The van der Waals surface area contributed by atoms with Gasteiger partial charge in [0, 0.05) is 13.1 Å². The minimum absolute atomic E-state index is 0.0325. The Morgan fingerprint density at radius 1 is 1.47 bits per heavy atom. The number of rotatable bonds is 2. The van der Waals surface area contributed by atoms with Crippen molar-refractivity contribution in [2.45, 2.75) is 6.92 Å². The fourth-order valence-electron chi connectivity index (χ4n) is 2.04. The van der Waals surface area contributed by atoms with Crippen LogP contribution < -0.4 is 0 Å². The molecule has 1 aliphatic rings. The van der Waals surface area contributed by atoms with Crippen LogP contribution in [0.15, 0.2) is 21.2 Å². The molecule has 0 aliphatic carbocycles. The lowest BCUT2D eigenvalue weighted by atomic mass is 9.99. The maximum absolute atomic E-state index is 12.0. The average Bonchev–Trinajstić information content (AvgIpc) is 2.83. The summed E-state index contributed by atoms with van der Waals surface area (Å²) in [4.78, 5) is 24.5. The third kappa shape index (κ3) is 2.36. The van der Waals surface area contributed by atoms with E-state index >= 15 is 0 Å². The Morgan fingerprint density at radius 2 is 2.18 bits per heavy atom. The van der Waals surface area contributed by atoms with Gasteiger partial charge in [-0.05, 0) is 34.0 Å². The van der Waals surface area contributed by atoms with Crippen LogP contribution in [0, 0.1) is 11.8 Å². The van der Waals surface area contributed by atoms with E-state index < -0.39 is 11.9 Å². The van der Waals surface area contributed by atoms with Gasteiger partial charge in [-0.15, -0.1) is 0 Å². The normalized spacial score (nSPS) is 24.0. The Hall–Kier alpha value is -1.30.